The lowest BCUT2D eigenvalue weighted by Gasteiger charge is -2.14. The highest BCUT2D eigenvalue weighted by molar-refractivity contribution is 6.23. The molecule has 168 valence electrons. The highest BCUT2D eigenvalue weighted by Crippen LogP contribution is 2.41. The zero-order chi connectivity index (χ0) is 23.2. The topological polar surface area (TPSA) is 52.8 Å². The van der Waals surface area contributed by atoms with E-state index in [0.717, 1.165) is 56.0 Å². The highest BCUT2D eigenvalue weighted by atomic mass is 16.5. The SMILES string of the molecule is CCCOc1ccc(-c2cnc3c4ccccc4c(=O)n4c5ccccc5c2c34)cc1OCC. The van der Waals surface area contributed by atoms with E-state index < -0.39 is 0 Å². The van der Waals surface area contributed by atoms with Crippen molar-refractivity contribution >= 4 is 38.1 Å². The van der Waals surface area contributed by atoms with Crippen LogP contribution in [0.4, 0.5) is 0 Å². The maximum absolute atomic E-state index is 13.6. The van der Waals surface area contributed by atoms with Gasteiger partial charge in [0.2, 0.25) is 0 Å². The molecule has 0 saturated carbocycles. The third-order valence-electron chi connectivity index (χ3n) is 6.32. The molecule has 5 heteroatoms. The van der Waals surface area contributed by atoms with Crippen LogP contribution in [0, 0.1) is 0 Å². The van der Waals surface area contributed by atoms with Gasteiger partial charge >= 0.3 is 0 Å². The molecule has 0 fully saturated rings. The number of hydrogen-bond donors (Lipinski definition) is 0. The molecule has 34 heavy (non-hydrogen) atoms. The molecule has 0 bridgehead atoms. The Bertz CT molecular complexity index is 1740. The molecule has 0 aliphatic rings. The van der Waals surface area contributed by atoms with Gasteiger partial charge in [-0.2, -0.15) is 0 Å². The standard InChI is InChI=1S/C29H24N2O3/c1-3-15-34-24-14-13-18(16-25(24)33-4-2)22-17-30-27-19-9-5-6-10-20(19)29(32)31-23-12-8-7-11-21(23)26(22)28(27)31/h5-14,16-17H,3-4,15H2,1-2H3. The number of aromatic nitrogens is 2. The Morgan fingerprint density at radius 3 is 2.41 bits per heavy atom. The molecule has 3 heterocycles. The van der Waals surface area contributed by atoms with Crippen LogP contribution in [-0.4, -0.2) is 22.6 Å². The fraction of sp³-hybridized carbons (Fsp3) is 0.172. The minimum absolute atomic E-state index is 0.0217. The van der Waals surface area contributed by atoms with Crippen molar-refractivity contribution in [3.05, 3.63) is 83.3 Å². The Kier molecular flexibility index (Phi) is 4.84. The van der Waals surface area contributed by atoms with E-state index >= 15 is 0 Å². The van der Waals surface area contributed by atoms with Gasteiger partial charge in [-0.05, 0) is 43.2 Å². The second-order valence-corrected chi connectivity index (χ2v) is 8.39. The first kappa shape index (κ1) is 20.5. The molecule has 0 saturated heterocycles. The molecule has 0 N–H and O–H groups in total. The Morgan fingerprint density at radius 1 is 0.853 bits per heavy atom. The third-order valence-corrected chi connectivity index (χ3v) is 6.32. The summed E-state index contributed by atoms with van der Waals surface area (Å²) >= 11 is 0. The van der Waals surface area contributed by atoms with Crippen LogP contribution in [0.3, 0.4) is 0 Å². The number of rotatable bonds is 6. The quantitative estimate of drug-likeness (QED) is 0.275. The van der Waals surface area contributed by atoms with Crippen LogP contribution < -0.4 is 15.0 Å². The first-order chi connectivity index (χ1) is 16.7. The average molecular weight is 449 g/mol. The number of pyridine rings is 2. The first-order valence-corrected chi connectivity index (χ1v) is 11.7. The highest BCUT2D eigenvalue weighted by Gasteiger charge is 2.21. The molecule has 0 spiro atoms. The van der Waals surface area contributed by atoms with Gasteiger partial charge in [-0.25, -0.2) is 0 Å². The molecule has 0 unspecified atom stereocenters. The molecule has 0 atom stereocenters. The Balaban J connectivity index is 1.72. The number of benzene rings is 3. The van der Waals surface area contributed by atoms with Crippen LogP contribution >= 0.6 is 0 Å². The predicted octanol–water partition coefficient (Wildman–Crippen LogP) is 6.45. The van der Waals surface area contributed by atoms with Crippen LogP contribution in [0.25, 0.3) is 49.2 Å². The average Bonchev–Trinajstić information content (AvgIpc) is 3.23. The van der Waals surface area contributed by atoms with Gasteiger partial charge < -0.3 is 9.47 Å². The van der Waals surface area contributed by atoms with E-state index in [4.69, 9.17) is 14.5 Å². The normalized spacial score (nSPS) is 11.7. The van der Waals surface area contributed by atoms with Gasteiger partial charge in [-0.1, -0.05) is 49.4 Å². The molecule has 0 aliphatic heterocycles. The van der Waals surface area contributed by atoms with Gasteiger partial charge in [0, 0.05) is 33.3 Å². The van der Waals surface area contributed by atoms with E-state index in [0.29, 0.717) is 24.3 Å². The molecule has 3 aromatic carbocycles. The van der Waals surface area contributed by atoms with Crippen LogP contribution in [-0.2, 0) is 0 Å². The molecule has 6 aromatic rings. The molecule has 0 aliphatic carbocycles. The summed E-state index contributed by atoms with van der Waals surface area (Å²) in [5, 5.41) is 3.60. The first-order valence-electron chi connectivity index (χ1n) is 11.7. The monoisotopic (exact) mass is 448 g/mol. The zero-order valence-electron chi connectivity index (χ0n) is 19.2. The molecule has 0 radical (unpaired) electrons. The van der Waals surface area contributed by atoms with Crippen molar-refractivity contribution in [2.75, 3.05) is 13.2 Å². The number of ether oxygens (including phenoxy) is 2. The third kappa shape index (κ3) is 2.93. The van der Waals surface area contributed by atoms with E-state index in [1.807, 2.05) is 78.2 Å². The Hall–Kier alpha value is -4.12. The molecular weight excluding hydrogens is 424 g/mol. The Morgan fingerprint density at radius 2 is 1.62 bits per heavy atom. The van der Waals surface area contributed by atoms with Gasteiger partial charge in [-0.3, -0.25) is 14.2 Å². The van der Waals surface area contributed by atoms with E-state index in [9.17, 15) is 4.79 Å². The van der Waals surface area contributed by atoms with Gasteiger partial charge in [0.05, 0.1) is 29.8 Å². The Labute approximate surface area is 196 Å². The molecule has 5 nitrogen and oxygen atoms in total. The van der Waals surface area contributed by atoms with Crippen molar-refractivity contribution in [3.63, 3.8) is 0 Å². The number of fused-ring (bicyclic) bond motifs is 5. The van der Waals surface area contributed by atoms with Gasteiger partial charge in [0.25, 0.3) is 5.56 Å². The maximum Gasteiger partial charge on any atom is 0.263 e. The second-order valence-electron chi connectivity index (χ2n) is 8.39. The summed E-state index contributed by atoms with van der Waals surface area (Å²) in [7, 11) is 0. The summed E-state index contributed by atoms with van der Waals surface area (Å²) in [5.41, 5.74) is 4.49. The minimum atomic E-state index is -0.0217. The van der Waals surface area contributed by atoms with Crippen LogP contribution in [0.2, 0.25) is 0 Å². The second kappa shape index (κ2) is 8.03. The van der Waals surface area contributed by atoms with Gasteiger partial charge in [0.15, 0.2) is 11.5 Å². The van der Waals surface area contributed by atoms with Crippen molar-refractivity contribution < 1.29 is 9.47 Å². The smallest absolute Gasteiger partial charge is 0.263 e. The summed E-state index contributed by atoms with van der Waals surface area (Å²) < 4.78 is 13.6. The van der Waals surface area contributed by atoms with Crippen LogP contribution in [0.5, 0.6) is 11.5 Å². The van der Waals surface area contributed by atoms with E-state index in [1.165, 1.54) is 0 Å². The maximum atomic E-state index is 13.6. The van der Waals surface area contributed by atoms with E-state index in [-0.39, 0.29) is 5.56 Å². The molecular formula is C29H24N2O3. The van der Waals surface area contributed by atoms with Crippen molar-refractivity contribution in [2.24, 2.45) is 0 Å². The predicted molar refractivity (Wildman–Crippen MR) is 138 cm³/mol. The minimum Gasteiger partial charge on any atom is -0.490 e. The van der Waals surface area contributed by atoms with E-state index in [1.54, 1.807) is 0 Å². The largest absolute Gasteiger partial charge is 0.490 e. The lowest BCUT2D eigenvalue weighted by atomic mass is 9.99. The summed E-state index contributed by atoms with van der Waals surface area (Å²) in [6.07, 6.45) is 2.84. The van der Waals surface area contributed by atoms with E-state index in [2.05, 4.69) is 13.0 Å². The molecule has 3 aromatic heterocycles. The number of para-hydroxylation sites is 1. The lowest BCUT2D eigenvalue weighted by Crippen LogP contribution is -2.13. The van der Waals surface area contributed by atoms with Crippen molar-refractivity contribution in [3.8, 4) is 22.6 Å². The number of nitrogens with zero attached hydrogens (tertiary/aromatic N) is 2. The number of hydrogen-bond acceptors (Lipinski definition) is 4. The van der Waals surface area contributed by atoms with Crippen molar-refractivity contribution in [2.45, 2.75) is 20.3 Å². The van der Waals surface area contributed by atoms with Gasteiger partial charge in [0.1, 0.15) is 0 Å². The molecule has 6 rings (SSSR count). The van der Waals surface area contributed by atoms with Crippen LogP contribution in [0.15, 0.2) is 77.7 Å². The van der Waals surface area contributed by atoms with Gasteiger partial charge in [-0.15, -0.1) is 0 Å². The summed E-state index contributed by atoms with van der Waals surface area (Å²) in [6.45, 7) is 5.23. The summed E-state index contributed by atoms with van der Waals surface area (Å²) in [5.74, 6) is 1.45. The fourth-order valence-electron chi connectivity index (χ4n) is 4.89. The summed E-state index contributed by atoms with van der Waals surface area (Å²) in [6, 6.07) is 21.8. The fourth-order valence-corrected chi connectivity index (χ4v) is 4.89. The lowest BCUT2D eigenvalue weighted by molar-refractivity contribution is 0.277. The zero-order valence-corrected chi connectivity index (χ0v) is 19.2. The van der Waals surface area contributed by atoms with Crippen molar-refractivity contribution in [1.29, 1.82) is 0 Å². The van der Waals surface area contributed by atoms with Crippen molar-refractivity contribution in [1.82, 2.24) is 9.38 Å². The molecule has 0 amide bonds. The summed E-state index contributed by atoms with van der Waals surface area (Å²) in [4.78, 5) is 18.5. The van der Waals surface area contributed by atoms with Crippen LogP contribution in [0.1, 0.15) is 20.3 Å².